The number of benzene rings is 2. The van der Waals surface area contributed by atoms with E-state index < -0.39 is 6.10 Å². The quantitative estimate of drug-likeness (QED) is 0.821. The normalized spacial score (nSPS) is 21.4. The van der Waals surface area contributed by atoms with Crippen LogP contribution in [-0.2, 0) is 11.3 Å². The van der Waals surface area contributed by atoms with E-state index in [-0.39, 0.29) is 17.9 Å². The number of hydrogen-bond donors (Lipinski definition) is 1. The summed E-state index contributed by atoms with van der Waals surface area (Å²) in [6, 6.07) is 18.0. The van der Waals surface area contributed by atoms with Crippen LogP contribution < -0.4 is 4.74 Å². The first-order chi connectivity index (χ1) is 14.6. The van der Waals surface area contributed by atoms with Gasteiger partial charge in [-0.15, -0.1) is 0 Å². The number of nitrogens with zero attached hydrogens (tertiary/aromatic N) is 2. The number of carbonyl (C=O) groups excluding carboxylic acids is 1. The lowest BCUT2D eigenvalue weighted by Crippen LogP contribution is -2.41. The van der Waals surface area contributed by atoms with Crippen molar-refractivity contribution >= 4 is 5.91 Å². The number of para-hydroxylation sites is 1. The van der Waals surface area contributed by atoms with Gasteiger partial charge >= 0.3 is 0 Å². The molecule has 2 aromatic carbocycles. The highest BCUT2D eigenvalue weighted by Gasteiger charge is 2.28. The predicted molar refractivity (Wildman–Crippen MR) is 117 cm³/mol. The average molecular weight is 409 g/mol. The maximum atomic E-state index is 12.8. The molecule has 1 saturated heterocycles. The number of fused-ring (bicyclic) bond motifs is 1. The first kappa shape index (κ1) is 20.9. The van der Waals surface area contributed by atoms with E-state index in [9.17, 15) is 9.90 Å². The van der Waals surface area contributed by atoms with E-state index in [2.05, 4.69) is 17.9 Å². The molecule has 2 aromatic rings. The lowest BCUT2D eigenvalue weighted by Gasteiger charge is -2.35. The van der Waals surface area contributed by atoms with Crippen LogP contribution in [0.15, 0.2) is 54.6 Å². The van der Waals surface area contributed by atoms with Crippen molar-refractivity contribution in [2.45, 2.75) is 44.9 Å². The molecule has 30 heavy (non-hydrogen) atoms. The molecule has 5 nitrogen and oxygen atoms in total. The Morgan fingerprint density at radius 2 is 1.80 bits per heavy atom. The van der Waals surface area contributed by atoms with Crippen molar-refractivity contribution in [1.29, 1.82) is 0 Å². The molecule has 2 atom stereocenters. The van der Waals surface area contributed by atoms with Gasteiger partial charge in [0.2, 0.25) is 5.91 Å². The van der Waals surface area contributed by atoms with Crippen LogP contribution in [0.2, 0.25) is 0 Å². The number of aliphatic hydroxyl groups excluding tert-OH is 1. The Labute approximate surface area is 179 Å². The Morgan fingerprint density at radius 3 is 2.57 bits per heavy atom. The van der Waals surface area contributed by atoms with Crippen molar-refractivity contribution in [3.8, 4) is 5.75 Å². The van der Waals surface area contributed by atoms with E-state index in [4.69, 9.17) is 4.74 Å². The summed E-state index contributed by atoms with van der Waals surface area (Å²) in [6.07, 6.45) is 1.90. The van der Waals surface area contributed by atoms with E-state index in [0.717, 1.165) is 56.9 Å². The summed E-state index contributed by atoms with van der Waals surface area (Å²) < 4.78 is 6.02. The SMILES string of the molecule is C[C@@H]1CN(CCC(=O)N2CCC([C@@H](O)c3ccccc3)CC2)Cc2ccccc2O1. The minimum Gasteiger partial charge on any atom is -0.489 e. The minimum absolute atomic E-state index is 0.110. The molecule has 1 fully saturated rings. The summed E-state index contributed by atoms with van der Waals surface area (Å²) >= 11 is 0. The minimum atomic E-state index is -0.442. The van der Waals surface area contributed by atoms with Crippen molar-refractivity contribution < 1.29 is 14.6 Å². The van der Waals surface area contributed by atoms with Gasteiger partial charge in [0.1, 0.15) is 11.9 Å². The number of ether oxygens (including phenoxy) is 1. The van der Waals surface area contributed by atoms with Crippen LogP contribution in [0.1, 0.15) is 43.4 Å². The number of hydrogen-bond acceptors (Lipinski definition) is 4. The maximum absolute atomic E-state index is 12.8. The van der Waals surface area contributed by atoms with Gasteiger partial charge in [-0.25, -0.2) is 0 Å². The second-order valence-corrected chi connectivity index (χ2v) is 8.60. The molecule has 0 unspecified atom stereocenters. The molecule has 4 rings (SSSR count). The Bertz CT molecular complexity index is 833. The van der Waals surface area contributed by atoms with Crippen LogP contribution in [0.25, 0.3) is 0 Å². The van der Waals surface area contributed by atoms with Gasteiger partial charge in [-0.1, -0.05) is 48.5 Å². The molecule has 5 heteroatoms. The Morgan fingerprint density at radius 1 is 1.10 bits per heavy atom. The van der Waals surface area contributed by atoms with E-state index >= 15 is 0 Å². The second-order valence-electron chi connectivity index (χ2n) is 8.60. The van der Waals surface area contributed by atoms with E-state index in [0.29, 0.717) is 6.42 Å². The van der Waals surface area contributed by atoms with E-state index in [1.54, 1.807) is 0 Å². The van der Waals surface area contributed by atoms with Crippen LogP contribution in [0.4, 0.5) is 0 Å². The van der Waals surface area contributed by atoms with E-state index in [1.807, 2.05) is 53.4 Å². The first-order valence-corrected chi connectivity index (χ1v) is 11.1. The highest BCUT2D eigenvalue weighted by molar-refractivity contribution is 5.76. The van der Waals surface area contributed by atoms with Crippen molar-refractivity contribution in [2.24, 2.45) is 5.92 Å². The average Bonchev–Trinajstić information content (AvgIpc) is 2.95. The molecule has 1 amide bonds. The second kappa shape index (κ2) is 9.63. The monoisotopic (exact) mass is 408 g/mol. The Hall–Kier alpha value is -2.37. The van der Waals surface area contributed by atoms with Crippen LogP contribution in [0.5, 0.6) is 5.75 Å². The Kier molecular flexibility index (Phi) is 6.70. The fraction of sp³-hybridized carbons (Fsp3) is 0.480. The maximum Gasteiger partial charge on any atom is 0.223 e. The molecule has 0 spiro atoms. The fourth-order valence-electron chi connectivity index (χ4n) is 4.64. The molecule has 1 N–H and O–H groups in total. The van der Waals surface area contributed by atoms with Crippen molar-refractivity contribution in [3.63, 3.8) is 0 Å². The number of likely N-dealkylation sites (tertiary alicyclic amines) is 1. The third-order valence-corrected chi connectivity index (χ3v) is 6.33. The largest absolute Gasteiger partial charge is 0.489 e. The summed E-state index contributed by atoms with van der Waals surface area (Å²) in [7, 11) is 0. The number of aliphatic hydroxyl groups is 1. The van der Waals surface area contributed by atoms with Crippen LogP contribution >= 0.6 is 0 Å². The molecule has 0 radical (unpaired) electrons. The molecule has 2 heterocycles. The van der Waals surface area contributed by atoms with Crippen LogP contribution in [-0.4, -0.2) is 53.1 Å². The van der Waals surface area contributed by atoms with Crippen molar-refractivity contribution in [2.75, 3.05) is 26.2 Å². The summed E-state index contributed by atoms with van der Waals surface area (Å²) in [6.45, 7) is 5.94. The molecule has 0 aliphatic carbocycles. The van der Waals surface area contributed by atoms with Crippen molar-refractivity contribution in [3.05, 3.63) is 65.7 Å². The Balaban J connectivity index is 1.26. The van der Waals surface area contributed by atoms with Gasteiger partial charge in [0, 0.05) is 44.7 Å². The summed E-state index contributed by atoms with van der Waals surface area (Å²) in [4.78, 5) is 17.1. The molecular weight excluding hydrogens is 376 g/mol. The number of amides is 1. The van der Waals surface area contributed by atoms with Gasteiger partial charge in [-0.05, 0) is 37.3 Å². The standard InChI is InChI=1S/C25H32N2O3/c1-19-17-26(18-22-9-5-6-10-23(22)30-19)14-13-24(28)27-15-11-21(12-16-27)25(29)20-7-3-2-4-8-20/h2-10,19,21,25,29H,11-18H2,1H3/t19-,25+/m1/s1. The van der Waals surface area contributed by atoms with Gasteiger partial charge in [0.05, 0.1) is 6.10 Å². The van der Waals surface area contributed by atoms with E-state index in [1.165, 1.54) is 5.56 Å². The van der Waals surface area contributed by atoms with Gasteiger partial charge in [-0.3, -0.25) is 9.69 Å². The lowest BCUT2D eigenvalue weighted by atomic mass is 9.87. The van der Waals surface area contributed by atoms with Gasteiger partial charge in [0.15, 0.2) is 0 Å². The molecule has 2 aliphatic heterocycles. The highest BCUT2D eigenvalue weighted by atomic mass is 16.5. The zero-order chi connectivity index (χ0) is 20.9. The lowest BCUT2D eigenvalue weighted by molar-refractivity contribution is -0.133. The molecule has 0 bridgehead atoms. The zero-order valence-corrected chi connectivity index (χ0v) is 17.7. The highest BCUT2D eigenvalue weighted by Crippen LogP contribution is 2.31. The summed E-state index contributed by atoms with van der Waals surface area (Å²) in [5, 5.41) is 10.7. The molecule has 160 valence electrons. The summed E-state index contributed by atoms with van der Waals surface area (Å²) in [5.74, 6) is 1.39. The first-order valence-electron chi connectivity index (χ1n) is 11.1. The van der Waals surface area contributed by atoms with Gasteiger partial charge in [0.25, 0.3) is 0 Å². The smallest absolute Gasteiger partial charge is 0.223 e. The fourth-order valence-corrected chi connectivity index (χ4v) is 4.64. The topological polar surface area (TPSA) is 53.0 Å². The number of rotatable bonds is 5. The van der Waals surface area contributed by atoms with Gasteiger partial charge < -0.3 is 14.7 Å². The predicted octanol–water partition coefficient (Wildman–Crippen LogP) is 3.63. The van der Waals surface area contributed by atoms with Crippen LogP contribution in [0, 0.1) is 5.92 Å². The van der Waals surface area contributed by atoms with Gasteiger partial charge in [-0.2, -0.15) is 0 Å². The third-order valence-electron chi connectivity index (χ3n) is 6.33. The molecule has 2 aliphatic rings. The van der Waals surface area contributed by atoms with Crippen molar-refractivity contribution in [1.82, 2.24) is 9.80 Å². The van der Waals surface area contributed by atoms with Crippen LogP contribution in [0.3, 0.4) is 0 Å². The molecular formula is C25H32N2O3. The zero-order valence-electron chi connectivity index (χ0n) is 17.7. The summed E-state index contributed by atoms with van der Waals surface area (Å²) in [5.41, 5.74) is 2.16. The molecule has 0 aromatic heterocycles. The third kappa shape index (κ3) is 5.02. The number of piperidine rings is 1. The molecule has 0 saturated carbocycles. The number of carbonyl (C=O) groups is 1.